The highest BCUT2D eigenvalue weighted by atomic mass is 16.2. The summed E-state index contributed by atoms with van der Waals surface area (Å²) in [5, 5.41) is 2.30. The first-order valence-corrected chi connectivity index (χ1v) is 10.1. The topological polar surface area (TPSA) is 129 Å². The van der Waals surface area contributed by atoms with Crippen molar-refractivity contribution in [2.45, 2.75) is 31.7 Å². The Hall–Kier alpha value is -4.19. The summed E-state index contributed by atoms with van der Waals surface area (Å²) in [7, 11) is 1.64. The number of carbonyl (C=O) groups is 3. The number of fused-ring (bicyclic) bond motifs is 1. The molecular formula is C23H21N5O4. The number of benzene rings is 1. The summed E-state index contributed by atoms with van der Waals surface area (Å²) in [6.07, 6.45) is 3.03. The minimum Gasteiger partial charge on any atom is -0.364 e. The van der Waals surface area contributed by atoms with Crippen molar-refractivity contribution in [3.63, 3.8) is 0 Å². The van der Waals surface area contributed by atoms with Gasteiger partial charge in [-0.3, -0.25) is 33.8 Å². The lowest BCUT2D eigenvalue weighted by Gasteiger charge is -2.21. The quantitative estimate of drug-likeness (QED) is 0.466. The van der Waals surface area contributed by atoms with Crippen LogP contribution in [0.2, 0.25) is 0 Å². The first-order chi connectivity index (χ1) is 15.4. The van der Waals surface area contributed by atoms with E-state index in [0.29, 0.717) is 23.9 Å². The normalized spacial score (nSPS) is 15.8. The number of aromatic nitrogens is 3. The summed E-state index contributed by atoms with van der Waals surface area (Å²) >= 11 is 0. The molecule has 0 spiro atoms. The smallest absolute Gasteiger partial charge is 0.329 e. The summed E-state index contributed by atoms with van der Waals surface area (Å²) in [5.74, 6) is 4.78. The van der Waals surface area contributed by atoms with Gasteiger partial charge in [-0.05, 0) is 42.7 Å². The maximum Gasteiger partial charge on any atom is 0.329 e. The second-order valence-corrected chi connectivity index (χ2v) is 7.56. The maximum atomic E-state index is 12.8. The van der Waals surface area contributed by atoms with E-state index in [-0.39, 0.29) is 30.1 Å². The summed E-state index contributed by atoms with van der Waals surface area (Å²) in [6, 6.07) is 8.17. The fourth-order valence-electron chi connectivity index (χ4n) is 3.89. The zero-order chi connectivity index (χ0) is 22.8. The maximum absolute atomic E-state index is 12.8. The van der Waals surface area contributed by atoms with Gasteiger partial charge in [-0.1, -0.05) is 17.9 Å². The number of imidazole rings is 1. The van der Waals surface area contributed by atoms with Gasteiger partial charge in [0.05, 0.1) is 11.0 Å². The molecule has 0 aliphatic carbocycles. The molecule has 0 bridgehead atoms. The zero-order valence-corrected chi connectivity index (χ0v) is 17.4. The van der Waals surface area contributed by atoms with E-state index in [2.05, 4.69) is 22.1 Å². The number of pyridine rings is 1. The lowest BCUT2D eigenvalue weighted by Crippen LogP contribution is -2.44. The number of aryl methyl sites for hydroxylation is 2. The molecule has 3 N–H and O–H groups in total. The van der Waals surface area contributed by atoms with Gasteiger partial charge in [0.15, 0.2) is 0 Å². The molecular weight excluding hydrogens is 410 g/mol. The molecule has 1 fully saturated rings. The fraction of sp³-hybridized carbons (Fsp3) is 0.261. The third kappa shape index (κ3) is 3.90. The van der Waals surface area contributed by atoms with E-state index in [1.807, 2.05) is 0 Å². The minimum atomic E-state index is -0.722. The van der Waals surface area contributed by atoms with E-state index in [9.17, 15) is 19.2 Å². The fourth-order valence-corrected chi connectivity index (χ4v) is 3.89. The Morgan fingerprint density at radius 1 is 1.25 bits per heavy atom. The van der Waals surface area contributed by atoms with Crippen molar-refractivity contribution in [1.82, 2.24) is 19.4 Å². The number of nitrogens with one attached hydrogen (secondary N) is 1. The van der Waals surface area contributed by atoms with Crippen LogP contribution < -0.4 is 16.7 Å². The highest BCUT2D eigenvalue weighted by Gasteiger charge is 2.31. The van der Waals surface area contributed by atoms with Gasteiger partial charge in [0.1, 0.15) is 11.7 Å². The van der Waals surface area contributed by atoms with Gasteiger partial charge in [-0.2, -0.15) is 0 Å². The van der Waals surface area contributed by atoms with Crippen LogP contribution >= 0.6 is 0 Å². The predicted molar refractivity (Wildman–Crippen MR) is 117 cm³/mol. The average molecular weight is 431 g/mol. The van der Waals surface area contributed by atoms with E-state index < -0.39 is 17.9 Å². The number of nitrogens with zero attached hydrogens (tertiary/aromatic N) is 3. The first kappa shape index (κ1) is 21.1. The molecule has 1 saturated heterocycles. The van der Waals surface area contributed by atoms with Crippen LogP contribution in [0.1, 0.15) is 46.9 Å². The van der Waals surface area contributed by atoms with Crippen LogP contribution in [0.15, 0.2) is 41.3 Å². The van der Waals surface area contributed by atoms with Crippen molar-refractivity contribution >= 4 is 28.8 Å². The first-order valence-electron chi connectivity index (χ1n) is 10.1. The number of amides is 3. The lowest BCUT2D eigenvalue weighted by molar-refractivity contribution is -0.135. The highest BCUT2D eigenvalue weighted by Crippen LogP contribution is 2.23. The Labute approximate surface area is 183 Å². The molecule has 3 amide bonds. The molecule has 1 aliphatic heterocycles. The Bertz CT molecular complexity index is 1370. The van der Waals surface area contributed by atoms with Crippen LogP contribution in [-0.2, 0) is 23.1 Å². The number of piperidine rings is 1. The molecule has 0 radical (unpaired) electrons. The van der Waals surface area contributed by atoms with Crippen LogP contribution in [-0.4, -0.2) is 31.8 Å². The lowest BCUT2D eigenvalue weighted by atomic mass is 10.1. The number of nitrogens with two attached hydrogens (primary N) is 1. The van der Waals surface area contributed by atoms with E-state index >= 15 is 0 Å². The zero-order valence-electron chi connectivity index (χ0n) is 17.4. The van der Waals surface area contributed by atoms with Crippen molar-refractivity contribution in [2.24, 2.45) is 12.8 Å². The Morgan fingerprint density at radius 3 is 2.81 bits per heavy atom. The van der Waals surface area contributed by atoms with Crippen LogP contribution in [0, 0.1) is 11.8 Å². The van der Waals surface area contributed by atoms with Gasteiger partial charge < -0.3 is 5.73 Å². The van der Waals surface area contributed by atoms with Gasteiger partial charge in [0.25, 0.3) is 5.91 Å². The van der Waals surface area contributed by atoms with E-state index in [1.54, 1.807) is 37.4 Å². The molecule has 3 heterocycles. The van der Waals surface area contributed by atoms with E-state index in [0.717, 1.165) is 11.1 Å². The van der Waals surface area contributed by atoms with Gasteiger partial charge in [0.2, 0.25) is 11.8 Å². The summed E-state index contributed by atoms with van der Waals surface area (Å²) in [4.78, 5) is 52.0. The number of hydrogen-bond donors (Lipinski definition) is 2. The third-order valence-electron chi connectivity index (χ3n) is 5.49. The van der Waals surface area contributed by atoms with Gasteiger partial charge in [-0.25, -0.2) is 4.79 Å². The summed E-state index contributed by atoms with van der Waals surface area (Å²) in [6.45, 7) is 0. The van der Waals surface area contributed by atoms with Gasteiger partial charge in [0, 0.05) is 31.6 Å². The van der Waals surface area contributed by atoms with Crippen LogP contribution in [0.3, 0.4) is 0 Å². The summed E-state index contributed by atoms with van der Waals surface area (Å²) in [5.41, 5.74) is 8.00. The molecule has 0 saturated carbocycles. The van der Waals surface area contributed by atoms with Crippen LogP contribution in [0.5, 0.6) is 0 Å². The average Bonchev–Trinajstić information content (AvgIpc) is 3.01. The molecule has 162 valence electrons. The molecule has 4 rings (SSSR count). The highest BCUT2D eigenvalue weighted by molar-refractivity contribution is 6.00. The summed E-state index contributed by atoms with van der Waals surface area (Å²) < 4.78 is 2.90. The monoisotopic (exact) mass is 431 g/mol. The molecule has 3 aromatic rings. The predicted octanol–water partition coefficient (Wildman–Crippen LogP) is 0.796. The van der Waals surface area contributed by atoms with Crippen molar-refractivity contribution in [1.29, 1.82) is 0 Å². The Morgan fingerprint density at radius 2 is 2.06 bits per heavy atom. The standard InChI is InChI=1S/C23H21N5O4/c1-27-18-13-14(5-2-3-6-15-7-4-12-25-20(15)21(24)30)8-9-16(18)28(23(27)32)17-10-11-19(29)26-22(17)31/h4,7-9,12-13,17H,3,6,10-11H2,1H3,(H2,24,30)(H,26,29,31). The number of primary amides is 1. The van der Waals surface area contributed by atoms with Crippen molar-refractivity contribution in [3.8, 4) is 11.8 Å². The van der Waals surface area contributed by atoms with Crippen molar-refractivity contribution in [3.05, 3.63) is 63.8 Å². The number of carbonyl (C=O) groups excluding carboxylic acids is 3. The molecule has 2 aromatic heterocycles. The van der Waals surface area contributed by atoms with E-state index in [1.165, 1.54) is 15.3 Å². The number of rotatable bonds is 4. The second kappa shape index (κ2) is 8.51. The molecule has 1 aromatic carbocycles. The van der Waals surface area contributed by atoms with E-state index in [4.69, 9.17) is 5.73 Å². The van der Waals surface area contributed by atoms with Gasteiger partial charge >= 0.3 is 5.69 Å². The van der Waals surface area contributed by atoms with Gasteiger partial charge in [-0.15, -0.1) is 0 Å². The van der Waals surface area contributed by atoms with Crippen LogP contribution in [0.4, 0.5) is 0 Å². The molecule has 1 atom stereocenters. The number of imide groups is 1. The molecule has 9 heteroatoms. The Balaban J connectivity index is 1.58. The minimum absolute atomic E-state index is 0.192. The Kier molecular flexibility index (Phi) is 5.60. The largest absolute Gasteiger partial charge is 0.364 e. The third-order valence-corrected chi connectivity index (χ3v) is 5.49. The molecule has 1 aliphatic rings. The number of hydrogen-bond acceptors (Lipinski definition) is 5. The van der Waals surface area contributed by atoms with Crippen LogP contribution in [0.25, 0.3) is 11.0 Å². The molecule has 9 nitrogen and oxygen atoms in total. The van der Waals surface area contributed by atoms with Crippen molar-refractivity contribution in [2.75, 3.05) is 0 Å². The molecule has 1 unspecified atom stereocenters. The van der Waals surface area contributed by atoms with Crippen molar-refractivity contribution < 1.29 is 14.4 Å². The molecule has 32 heavy (non-hydrogen) atoms. The second-order valence-electron chi connectivity index (χ2n) is 7.56. The SMILES string of the molecule is Cn1c(=O)n(C2CCC(=O)NC2=O)c2ccc(C#CCCc3cccnc3C(N)=O)cc21.